The molecule has 68 heavy (non-hydrogen) atoms. The molecule has 0 heterocycles. The van der Waals surface area contributed by atoms with E-state index in [4.69, 9.17) is 0 Å². The van der Waals surface area contributed by atoms with Crippen molar-refractivity contribution in [1.82, 2.24) is 0 Å². The van der Waals surface area contributed by atoms with Crippen molar-refractivity contribution >= 4 is 0 Å². The van der Waals surface area contributed by atoms with Crippen molar-refractivity contribution in [2.75, 3.05) is 52.4 Å². The molecule has 2 N–H and O–H groups in total. The standard InChI is InChI=1S/2C32H68N.2H2O/c2*1-5-9-13-17-18-19-20-21-22-23-24-28-32-33(29-25-14-10-6-2,30-26-15-11-7-3)31-27-16-12-8-4;;/h2*5-32H2,1-4H3;2*1H2/q2*+1;;/p-2. The van der Waals surface area contributed by atoms with Crippen molar-refractivity contribution in [2.45, 2.75) is 364 Å². The highest BCUT2D eigenvalue weighted by atomic mass is 16.0. The molecule has 0 aliphatic rings. The molecule has 0 aliphatic heterocycles. The van der Waals surface area contributed by atoms with Crippen molar-refractivity contribution in [1.29, 1.82) is 0 Å². The van der Waals surface area contributed by atoms with Gasteiger partial charge in [0, 0.05) is 0 Å². The molecule has 0 saturated heterocycles. The minimum absolute atomic E-state index is 0. The van der Waals surface area contributed by atoms with Crippen molar-refractivity contribution in [3.8, 4) is 0 Å². The fourth-order valence-corrected chi connectivity index (χ4v) is 11.2. The third kappa shape index (κ3) is 53.6. The van der Waals surface area contributed by atoms with Gasteiger partial charge in [0.05, 0.1) is 52.4 Å². The van der Waals surface area contributed by atoms with Gasteiger partial charge < -0.3 is 19.9 Å². The van der Waals surface area contributed by atoms with Crippen molar-refractivity contribution in [3.05, 3.63) is 0 Å². The molecule has 0 bridgehead atoms. The molecule has 416 valence electrons. The van der Waals surface area contributed by atoms with Crippen LogP contribution in [0.1, 0.15) is 364 Å². The second-order valence-electron chi connectivity index (χ2n) is 22.6. The minimum atomic E-state index is 0. The van der Waals surface area contributed by atoms with Crippen LogP contribution < -0.4 is 0 Å². The SMILES string of the molecule is CCCCCCCCCCCCCC[N+](CCCCCC)(CCCCCC)CCCCCC.CCCCCCCCCCCCCC[N+](CCCCCC)(CCCCCC)CCCCCC.[OH-].[OH-]. The number of hydrogen-bond acceptors (Lipinski definition) is 2. The van der Waals surface area contributed by atoms with Gasteiger partial charge in [-0.2, -0.15) is 0 Å². The molecular formula is C64H138N2O2. The van der Waals surface area contributed by atoms with Crippen LogP contribution in [0.4, 0.5) is 0 Å². The highest BCUT2D eigenvalue weighted by molar-refractivity contribution is 4.57. The van der Waals surface area contributed by atoms with E-state index in [1.807, 2.05) is 0 Å². The summed E-state index contributed by atoms with van der Waals surface area (Å²) in [7, 11) is 0. The van der Waals surface area contributed by atoms with Crippen molar-refractivity contribution in [2.24, 2.45) is 0 Å². The van der Waals surface area contributed by atoms with Crippen LogP contribution in [-0.4, -0.2) is 72.3 Å². The van der Waals surface area contributed by atoms with Crippen molar-refractivity contribution < 1.29 is 19.9 Å². The number of hydrogen-bond donors (Lipinski definition) is 0. The quantitative estimate of drug-likeness (QED) is 0.0450. The zero-order chi connectivity index (χ0) is 48.6. The molecule has 0 amide bonds. The second-order valence-corrected chi connectivity index (χ2v) is 22.6. The monoisotopic (exact) mass is 967 g/mol. The lowest BCUT2D eigenvalue weighted by Crippen LogP contribution is -2.50. The average Bonchev–Trinajstić information content (AvgIpc) is 3.33. The Morgan fingerprint density at radius 1 is 0.132 bits per heavy atom. The van der Waals surface area contributed by atoms with Crippen LogP contribution in [0, 0.1) is 0 Å². The first-order valence-electron chi connectivity index (χ1n) is 32.2. The number of unbranched alkanes of at least 4 members (excludes halogenated alkanes) is 40. The van der Waals surface area contributed by atoms with Gasteiger partial charge in [0.15, 0.2) is 0 Å². The molecule has 0 aromatic heterocycles. The Morgan fingerprint density at radius 3 is 0.338 bits per heavy atom. The third-order valence-electron chi connectivity index (χ3n) is 15.9. The van der Waals surface area contributed by atoms with Crippen LogP contribution in [0.3, 0.4) is 0 Å². The van der Waals surface area contributed by atoms with Gasteiger partial charge in [0.25, 0.3) is 0 Å². The fraction of sp³-hybridized carbons (Fsp3) is 1.00. The lowest BCUT2D eigenvalue weighted by atomic mass is 10.0. The van der Waals surface area contributed by atoms with E-state index < -0.39 is 0 Å². The van der Waals surface area contributed by atoms with Gasteiger partial charge in [-0.25, -0.2) is 0 Å². The molecule has 0 radical (unpaired) electrons. The lowest BCUT2D eigenvalue weighted by molar-refractivity contribution is -0.929. The molecule has 0 spiro atoms. The molecule has 0 saturated carbocycles. The van der Waals surface area contributed by atoms with Crippen LogP contribution in [0.5, 0.6) is 0 Å². The second kappa shape index (κ2) is 63.0. The van der Waals surface area contributed by atoms with E-state index in [0.29, 0.717) is 0 Å². The minimum Gasteiger partial charge on any atom is -0.870 e. The fourth-order valence-electron chi connectivity index (χ4n) is 11.2. The van der Waals surface area contributed by atoms with Gasteiger partial charge in [-0.3, -0.25) is 0 Å². The van der Waals surface area contributed by atoms with E-state index >= 15 is 0 Å². The smallest absolute Gasteiger partial charge is 0.0786 e. The molecule has 4 nitrogen and oxygen atoms in total. The summed E-state index contributed by atoms with van der Waals surface area (Å²) < 4.78 is 2.93. The third-order valence-corrected chi connectivity index (χ3v) is 15.9. The Bertz CT molecular complexity index is 719. The summed E-state index contributed by atoms with van der Waals surface area (Å²) in [6.07, 6.45) is 69.6. The molecule has 0 aromatic carbocycles. The van der Waals surface area contributed by atoms with Gasteiger partial charge >= 0.3 is 0 Å². The van der Waals surface area contributed by atoms with E-state index in [9.17, 15) is 0 Å². The average molecular weight is 968 g/mol. The van der Waals surface area contributed by atoms with Gasteiger partial charge in [0.1, 0.15) is 0 Å². The molecule has 0 unspecified atom stereocenters. The highest BCUT2D eigenvalue weighted by Crippen LogP contribution is 2.22. The molecule has 0 fully saturated rings. The highest BCUT2D eigenvalue weighted by Gasteiger charge is 2.27. The maximum Gasteiger partial charge on any atom is 0.0786 e. The summed E-state index contributed by atoms with van der Waals surface area (Å²) in [4.78, 5) is 0. The van der Waals surface area contributed by atoms with E-state index in [1.165, 1.54) is 370 Å². The summed E-state index contributed by atoms with van der Waals surface area (Å²) in [5.74, 6) is 0. The Hall–Kier alpha value is -0.160. The predicted octanol–water partition coefficient (Wildman–Crippen LogP) is 22.1. The zero-order valence-electron chi connectivity index (χ0n) is 49.4. The largest absolute Gasteiger partial charge is 0.870 e. The summed E-state index contributed by atoms with van der Waals surface area (Å²) in [6, 6.07) is 0. The van der Waals surface area contributed by atoms with Crippen LogP contribution in [0.25, 0.3) is 0 Å². The number of nitrogens with zero attached hydrogens (tertiary/aromatic N) is 2. The Kier molecular flexibility index (Phi) is 68.9. The van der Waals surface area contributed by atoms with Gasteiger partial charge in [-0.15, -0.1) is 0 Å². The van der Waals surface area contributed by atoms with E-state index in [2.05, 4.69) is 55.4 Å². The van der Waals surface area contributed by atoms with Gasteiger partial charge in [-0.1, -0.05) is 261 Å². The summed E-state index contributed by atoms with van der Waals surface area (Å²) >= 11 is 0. The van der Waals surface area contributed by atoms with Crippen LogP contribution in [-0.2, 0) is 0 Å². The topological polar surface area (TPSA) is 60.0 Å². The number of quaternary nitrogens is 2. The molecular weight excluding hydrogens is 829 g/mol. The molecule has 0 aliphatic carbocycles. The van der Waals surface area contributed by atoms with Crippen LogP contribution >= 0.6 is 0 Å². The van der Waals surface area contributed by atoms with Gasteiger partial charge in [0.2, 0.25) is 0 Å². The summed E-state index contributed by atoms with van der Waals surface area (Å²) in [5.41, 5.74) is 0. The molecule has 0 atom stereocenters. The first-order chi connectivity index (χ1) is 32.5. The van der Waals surface area contributed by atoms with Crippen molar-refractivity contribution in [3.63, 3.8) is 0 Å². The van der Waals surface area contributed by atoms with Crippen LogP contribution in [0.2, 0.25) is 0 Å². The van der Waals surface area contributed by atoms with Crippen LogP contribution in [0.15, 0.2) is 0 Å². The normalized spacial score (nSPS) is 11.6. The first kappa shape index (κ1) is 74.4. The summed E-state index contributed by atoms with van der Waals surface area (Å²) in [6.45, 7) is 30.5. The lowest BCUT2D eigenvalue weighted by Gasteiger charge is -2.39. The number of rotatable bonds is 56. The first-order valence-corrected chi connectivity index (χ1v) is 32.2. The summed E-state index contributed by atoms with van der Waals surface area (Å²) in [5, 5.41) is 0. The van der Waals surface area contributed by atoms with E-state index in [1.54, 1.807) is 0 Å². The Labute approximate surface area is 434 Å². The molecule has 0 aromatic rings. The predicted molar refractivity (Wildman–Crippen MR) is 310 cm³/mol. The van der Waals surface area contributed by atoms with E-state index in [-0.39, 0.29) is 11.0 Å². The van der Waals surface area contributed by atoms with Gasteiger partial charge in [-0.05, 0) is 103 Å². The maximum atomic E-state index is 2.35. The Morgan fingerprint density at radius 2 is 0.221 bits per heavy atom. The zero-order valence-corrected chi connectivity index (χ0v) is 49.4. The van der Waals surface area contributed by atoms with E-state index in [0.717, 1.165) is 0 Å². The molecule has 0 rings (SSSR count). The molecule has 4 heteroatoms. The maximum absolute atomic E-state index is 2.35. The Balaban J connectivity index is -0.000000585.